The molecule has 0 bridgehead atoms. The summed E-state index contributed by atoms with van der Waals surface area (Å²) in [4.78, 5) is 39.0. The first kappa shape index (κ1) is 13.8. The predicted molar refractivity (Wildman–Crippen MR) is 76.5 cm³/mol. The topological polar surface area (TPSA) is 66.9 Å². The van der Waals surface area contributed by atoms with E-state index < -0.39 is 6.09 Å². The molecule has 2 aliphatic heterocycles. The molecule has 1 aromatic rings. The minimum Gasteiger partial charge on any atom is -0.439 e. The number of carbonyl (C=O) groups excluding carboxylic acids is 3. The smallest absolute Gasteiger partial charge is 0.417 e. The van der Waals surface area contributed by atoms with Crippen LogP contribution in [0.5, 0.6) is 0 Å². The van der Waals surface area contributed by atoms with E-state index in [9.17, 15) is 14.4 Å². The van der Waals surface area contributed by atoms with Crippen LogP contribution in [0.2, 0.25) is 0 Å². The normalized spacial score (nSPS) is 22.4. The molecule has 0 radical (unpaired) electrons. The third-order valence-corrected chi connectivity index (χ3v) is 4.40. The Labute approximate surface area is 125 Å². The molecule has 2 aliphatic rings. The first-order chi connectivity index (χ1) is 10.1. The Bertz CT molecular complexity index is 580. The van der Waals surface area contributed by atoms with Crippen molar-refractivity contribution in [3.05, 3.63) is 28.5 Å². The van der Waals surface area contributed by atoms with E-state index in [-0.39, 0.29) is 24.5 Å². The number of cyclic esters (lactones) is 1. The molecule has 0 N–H and O–H groups in total. The first-order valence-corrected chi connectivity index (χ1v) is 7.52. The molecule has 0 spiro atoms. The van der Waals surface area contributed by atoms with Gasteiger partial charge in [0.25, 0.3) is 5.91 Å². The lowest BCUT2D eigenvalue weighted by Gasteiger charge is -2.19. The lowest BCUT2D eigenvalue weighted by molar-refractivity contribution is -0.128. The van der Waals surface area contributed by atoms with E-state index in [1.54, 1.807) is 22.3 Å². The van der Waals surface area contributed by atoms with Gasteiger partial charge in [-0.2, -0.15) is 0 Å². The molecule has 3 rings (SSSR count). The summed E-state index contributed by atoms with van der Waals surface area (Å²) in [5.41, 5.74) is 0. The molecule has 21 heavy (non-hydrogen) atoms. The fourth-order valence-electron chi connectivity index (χ4n) is 2.51. The molecule has 3 amide bonds. The van der Waals surface area contributed by atoms with E-state index in [4.69, 9.17) is 4.74 Å². The lowest BCUT2D eigenvalue weighted by Crippen LogP contribution is -2.41. The van der Waals surface area contributed by atoms with Gasteiger partial charge >= 0.3 is 6.09 Å². The maximum Gasteiger partial charge on any atom is 0.417 e. The van der Waals surface area contributed by atoms with Gasteiger partial charge in [0.15, 0.2) is 6.61 Å². The molecule has 0 aromatic carbocycles. The molecular weight excluding hydrogens is 292 g/mol. The van der Waals surface area contributed by atoms with E-state index in [2.05, 4.69) is 0 Å². The highest BCUT2D eigenvalue weighted by Gasteiger charge is 2.40. The Morgan fingerprint density at radius 3 is 2.95 bits per heavy atom. The minimum atomic E-state index is -0.603. The average Bonchev–Trinajstić information content (AvgIpc) is 3.18. The van der Waals surface area contributed by atoms with Crippen molar-refractivity contribution < 1.29 is 19.1 Å². The zero-order valence-electron chi connectivity index (χ0n) is 11.2. The van der Waals surface area contributed by atoms with Gasteiger partial charge < -0.3 is 9.64 Å². The van der Waals surface area contributed by atoms with Gasteiger partial charge in [-0.15, -0.1) is 11.3 Å². The molecule has 1 aromatic heterocycles. The highest BCUT2D eigenvalue weighted by molar-refractivity contribution is 7.10. The lowest BCUT2D eigenvalue weighted by atomic mass is 10.2. The molecule has 1 unspecified atom stereocenters. The molecule has 2 fully saturated rings. The van der Waals surface area contributed by atoms with Gasteiger partial charge in [-0.1, -0.05) is 6.07 Å². The second kappa shape index (κ2) is 5.69. The van der Waals surface area contributed by atoms with Crippen LogP contribution in [0.4, 0.5) is 4.79 Å². The van der Waals surface area contributed by atoms with Crippen molar-refractivity contribution in [3.63, 3.8) is 0 Å². The number of carbonyl (C=O) groups is 3. The van der Waals surface area contributed by atoms with Gasteiger partial charge in [0.05, 0.1) is 6.04 Å². The fourth-order valence-corrected chi connectivity index (χ4v) is 3.13. The number of likely N-dealkylation sites (tertiary alicyclic amines) is 1. The van der Waals surface area contributed by atoms with E-state index in [1.165, 1.54) is 6.08 Å². The van der Waals surface area contributed by atoms with Crippen molar-refractivity contribution >= 4 is 35.3 Å². The highest BCUT2D eigenvalue weighted by atomic mass is 32.1. The van der Waals surface area contributed by atoms with Crippen LogP contribution in [0, 0.1) is 0 Å². The van der Waals surface area contributed by atoms with Crippen molar-refractivity contribution in [1.29, 1.82) is 0 Å². The molecule has 0 saturated carbocycles. The fraction of sp³-hybridized carbons (Fsp3) is 0.357. The summed E-state index contributed by atoms with van der Waals surface area (Å²) < 4.78 is 4.70. The zero-order valence-corrected chi connectivity index (χ0v) is 12.0. The number of hydrogen-bond acceptors (Lipinski definition) is 5. The number of hydrogen-bond donors (Lipinski definition) is 0. The number of amides is 3. The van der Waals surface area contributed by atoms with Gasteiger partial charge in [0.1, 0.15) is 0 Å². The van der Waals surface area contributed by atoms with Gasteiger partial charge in [-0.25, -0.2) is 9.69 Å². The Morgan fingerprint density at radius 2 is 2.29 bits per heavy atom. The average molecular weight is 306 g/mol. The first-order valence-electron chi connectivity index (χ1n) is 6.64. The Hall–Kier alpha value is -2.15. The van der Waals surface area contributed by atoms with Crippen LogP contribution < -0.4 is 0 Å². The van der Waals surface area contributed by atoms with Gasteiger partial charge in [-0.3, -0.25) is 9.59 Å². The number of ether oxygens (including phenoxy) is 1. The third kappa shape index (κ3) is 2.82. The van der Waals surface area contributed by atoms with Crippen LogP contribution in [0.25, 0.3) is 6.08 Å². The summed E-state index contributed by atoms with van der Waals surface area (Å²) in [6, 6.07) is 3.58. The Balaban J connectivity index is 1.60. The maximum absolute atomic E-state index is 12.1. The Morgan fingerprint density at radius 1 is 1.43 bits per heavy atom. The van der Waals surface area contributed by atoms with Crippen molar-refractivity contribution in [2.45, 2.75) is 12.5 Å². The van der Waals surface area contributed by atoms with Crippen LogP contribution in [0.15, 0.2) is 23.6 Å². The van der Waals surface area contributed by atoms with Crippen molar-refractivity contribution in [1.82, 2.24) is 9.80 Å². The van der Waals surface area contributed by atoms with Crippen LogP contribution in [0.1, 0.15) is 11.3 Å². The number of imide groups is 1. The van der Waals surface area contributed by atoms with Crippen molar-refractivity contribution in [3.8, 4) is 0 Å². The number of thiophene rings is 1. The van der Waals surface area contributed by atoms with Crippen LogP contribution in [0.3, 0.4) is 0 Å². The Kier molecular flexibility index (Phi) is 3.74. The van der Waals surface area contributed by atoms with Gasteiger partial charge in [0.2, 0.25) is 5.91 Å². The third-order valence-electron chi connectivity index (χ3n) is 3.56. The molecular formula is C14H14N2O4S. The maximum atomic E-state index is 12.1. The molecule has 110 valence electrons. The molecule has 6 nitrogen and oxygen atoms in total. The molecule has 3 heterocycles. The summed E-state index contributed by atoms with van der Waals surface area (Å²) in [6.45, 7) is 0.714. The number of rotatable bonds is 3. The molecule has 1 atom stereocenters. The van der Waals surface area contributed by atoms with Crippen LogP contribution >= 0.6 is 11.3 Å². The molecule has 7 heteroatoms. The number of nitrogens with zero attached hydrogens (tertiary/aromatic N) is 2. The summed E-state index contributed by atoms with van der Waals surface area (Å²) in [5, 5.41) is 1.95. The van der Waals surface area contributed by atoms with Crippen molar-refractivity contribution in [2.24, 2.45) is 0 Å². The minimum absolute atomic E-state index is 0.106. The molecule has 0 aliphatic carbocycles. The predicted octanol–water partition coefficient (Wildman–Crippen LogP) is 1.34. The second-order valence-electron chi connectivity index (χ2n) is 4.89. The van der Waals surface area contributed by atoms with Gasteiger partial charge in [0, 0.05) is 24.0 Å². The van der Waals surface area contributed by atoms with E-state index >= 15 is 0 Å². The van der Waals surface area contributed by atoms with Crippen LogP contribution in [-0.2, 0) is 14.3 Å². The van der Waals surface area contributed by atoms with E-state index in [1.807, 2.05) is 17.5 Å². The molecule has 2 saturated heterocycles. The summed E-state index contributed by atoms with van der Waals surface area (Å²) >= 11 is 1.56. The second-order valence-corrected chi connectivity index (χ2v) is 5.87. The largest absolute Gasteiger partial charge is 0.439 e. The zero-order chi connectivity index (χ0) is 14.8. The highest BCUT2D eigenvalue weighted by Crippen LogP contribution is 2.20. The quantitative estimate of drug-likeness (QED) is 0.790. The van der Waals surface area contributed by atoms with Crippen LogP contribution in [-0.4, -0.2) is 53.4 Å². The van der Waals surface area contributed by atoms with E-state index in [0.717, 1.165) is 9.78 Å². The standard InChI is InChI=1S/C14H14N2O4S/c17-12(4-3-11-2-1-7-21-11)15-6-5-10(8-15)16-13(18)9-20-14(16)19/h1-4,7,10H,5-6,8-9H2/b4-3+. The summed E-state index contributed by atoms with van der Waals surface area (Å²) in [6.07, 6.45) is 3.29. The van der Waals surface area contributed by atoms with Crippen molar-refractivity contribution in [2.75, 3.05) is 19.7 Å². The summed E-state index contributed by atoms with van der Waals surface area (Å²) in [7, 11) is 0. The van der Waals surface area contributed by atoms with Gasteiger partial charge in [-0.05, 0) is 23.9 Å². The monoisotopic (exact) mass is 306 g/mol. The van der Waals surface area contributed by atoms with E-state index in [0.29, 0.717) is 19.5 Å². The summed E-state index contributed by atoms with van der Waals surface area (Å²) in [5.74, 6) is -0.431. The SMILES string of the molecule is O=C(/C=C/c1cccs1)N1CCC(N2C(=O)COC2=O)C1.